The number of hydrogen-bond donors (Lipinski definition) is 1. The van der Waals surface area contributed by atoms with Crippen molar-refractivity contribution in [3.8, 4) is 5.75 Å². The van der Waals surface area contributed by atoms with E-state index in [0.717, 1.165) is 55.1 Å². The van der Waals surface area contributed by atoms with Crippen LogP contribution in [0.2, 0.25) is 0 Å². The van der Waals surface area contributed by atoms with Crippen molar-refractivity contribution < 1.29 is 9.53 Å². The highest BCUT2D eigenvalue weighted by atomic mass is 16.5. The molecule has 0 bridgehead atoms. The highest BCUT2D eigenvalue weighted by Gasteiger charge is 2.26. The number of nitrogens with zero attached hydrogens (tertiary/aromatic N) is 1. The number of benzene rings is 1. The molecule has 1 saturated heterocycles. The maximum Gasteiger partial charge on any atom is 0.321 e. The lowest BCUT2D eigenvalue weighted by molar-refractivity contribution is 0.162. The zero-order valence-electron chi connectivity index (χ0n) is 16.4. The van der Waals surface area contributed by atoms with Gasteiger partial charge in [0.2, 0.25) is 0 Å². The van der Waals surface area contributed by atoms with E-state index in [-0.39, 0.29) is 6.03 Å². The third-order valence-electron chi connectivity index (χ3n) is 6.12. The van der Waals surface area contributed by atoms with Crippen LogP contribution in [-0.4, -0.2) is 30.6 Å². The van der Waals surface area contributed by atoms with E-state index in [9.17, 15) is 4.79 Å². The number of rotatable bonds is 5. The molecule has 144 valence electrons. The normalized spacial score (nSPS) is 24.3. The lowest BCUT2D eigenvalue weighted by atomic mass is 9.77. The van der Waals surface area contributed by atoms with Gasteiger partial charge in [0, 0.05) is 18.8 Å². The van der Waals surface area contributed by atoms with E-state index < -0.39 is 0 Å². The average Bonchev–Trinajstić information content (AvgIpc) is 2.66. The van der Waals surface area contributed by atoms with E-state index in [2.05, 4.69) is 12.2 Å². The second-order valence-electron chi connectivity index (χ2n) is 8.18. The summed E-state index contributed by atoms with van der Waals surface area (Å²) < 4.78 is 5.44. The molecule has 2 fully saturated rings. The zero-order valence-corrected chi connectivity index (χ0v) is 16.4. The Morgan fingerprint density at radius 1 is 1.04 bits per heavy atom. The van der Waals surface area contributed by atoms with Crippen LogP contribution in [0.15, 0.2) is 24.3 Å². The summed E-state index contributed by atoms with van der Waals surface area (Å²) >= 11 is 0. The summed E-state index contributed by atoms with van der Waals surface area (Å²) in [6, 6.07) is 7.63. The van der Waals surface area contributed by atoms with Crippen LogP contribution in [0.5, 0.6) is 5.75 Å². The number of likely N-dealkylation sites (tertiary alicyclic amines) is 1. The van der Waals surface area contributed by atoms with Crippen LogP contribution in [0.3, 0.4) is 0 Å². The first-order valence-electron chi connectivity index (χ1n) is 10.4. The summed E-state index contributed by atoms with van der Waals surface area (Å²) in [5, 5.41) is 3.01. The van der Waals surface area contributed by atoms with Crippen molar-refractivity contribution >= 4 is 11.7 Å². The minimum atomic E-state index is 0.0269. The van der Waals surface area contributed by atoms with E-state index in [1.165, 1.54) is 32.1 Å². The molecule has 4 heteroatoms. The standard InChI is InChI=1S/C22H34N2O2/c1-3-26-21-10-8-20(9-11-21)23-22(25)24-14-12-19(13-15-24)16-18-6-4-17(2)5-7-18/h8-11,17-19H,3-7,12-16H2,1-2H3,(H,23,25). The van der Waals surface area contributed by atoms with Crippen molar-refractivity contribution in [2.45, 2.75) is 58.8 Å². The largest absolute Gasteiger partial charge is 0.494 e. The second-order valence-corrected chi connectivity index (χ2v) is 8.18. The Labute approximate surface area is 158 Å². The minimum absolute atomic E-state index is 0.0269. The number of anilines is 1. The molecule has 2 aliphatic rings. The second kappa shape index (κ2) is 9.29. The molecule has 0 spiro atoms. The zero-order chi connectivity index (χ0) is 18.4. The number of urea groups is 1. The van der Waals surface area contributed by atoms with Crippen LogP contribution in [0.25, 0.3) is 0 Å². The van der Waals surface area contributed by atoms with Gasteiger partial charge in [-0.1, -0.05) is 32.6 Å². The summed E-state index contributed by atoms with van der Waals surface area (Å²) in [6.07, 6.45) is 9.34. The van der Waals surface area contributed by atoms with Gasteiger partial charge in [-0.3, -0.25) is 0 Å². The van der Waals surface area contributed by atoms with Crippen LogP contribution in [-0.2, 0) is 0 Å². The average molecular weight is 359 g/mol. The van der Waals surface area contributed by atoms with Crippen molar-refractivity contribution in [3.05, 3.63) is 24.3 Å². The van der Waals surface area contributed by atoms with Crippen molar-refractivity contribution in [2.24, 2.45) is 17.8 Å². The summed E-state index contributed by atoms with van der Waals surface area (Å²) in [7, 11) is 0. The Kier molecular flexibility index (Phi) is 6.81. The predicted molar refractivity (Wildman–Crippen MR) is 107 cm³/mol. The maximum absolute atomic E-state index is 12.5. The van der Waals surface area contributed by atoms with Gasteiger partial charge < -0.3 is 15.0 Å². The van der Waals surface area contributed by atoms with Gasteiger partial charge in [-0.2, -0.15) is 0 Å². The highest BCUT2D eigenvalue weighted by Crippen LogP contribution is 2.35. The lowest BCUT2D eigenvalue weighted by Gasteiger charge is -2.35. The van der Waals surface area contributed by atoms with Gasteiger partial charge in [-0.25, -0.2) is 4.79 Å². The van der Waals surface area contributed by atoms with Crippen molar-refractivity contribution in [3.63, 3.8) is 0 Å². The van der Waals surface area contributed by atoms with Crippen LogP contribution >= 0.6 is 0 Å². The molecule has 1 aliphatic carbocycles. The molecule has 1 N–H and O–H groups in total. The van der Waals surface area contributed by atoms with Gasteiger partial charge in [-0.15, -0.1) is 0 Å². The molecule has 1 aromatic carbocycles. The lowest BCUT2D eigenvalue weighted by Crippen LogP contribution is -2.41. The van der Waals surface area contributed by atoms with E-state index in [1.807, 2.05) is 36.1 Å². The molecular formula is C22H34N2O2. The fraction of sp³-hybridized carbons (Fsp3) is 0.682. The Balaban J connectivity index is 1.40. The summed E-state index contributed by atoms with van der Waals surface area (Å²) in [5.74, 6) is 3.51. The predicted octanol–water partition coefficient (Wildman–Crippen LogP) is 5.55. The first-order chi connectivity index (χ1) is 12.6. The molecule has 3 rings (SSSR count). The molecule has 0 aromatic heterocycles. The van der Waals surface area contributed by atoms with Gasteiger partial charge in [0.05, 0.1) is 6.61 Å². The monoisotopic (exact) mass is 358 g/mol. The van der Waals surface area contributed by atoms with Crippen LogP contribution in [0.4, 0.5) is 10.5 Å². The van der Waals surface area contributed by atoms with Crippen molar-refractivity contribution in [1.29, 1.82) is 0 Å². The van der Waals surface area contributed by atoms with Crippen molar-refractivity contribution in [1.82, 2.24) is 4.90 Å². The van der Waals surface area contributed by atoms with Gasteiger partial charge in [-0.05, 0) is 68.2 Å². The molecular weight excluding hydrogens is 324 g/mol. The Hall–Kier alpha value is -1.71. The van der Waals surface area contributed by atoms with Gasteiger partial charge in [0.25, 0.3) is 0 Å². The minimum Gasteiger partial charge on any atom is -0.494 e. The third kappa shape index (κ3) is 5.39. The number of amides is 2. The number of carbonyl (C=O) groups is 1. The number of ether oxygens (including phenoxy) is 1. The molecule has 1 aliphatic heterocycles. The quantitative estimate of drug-likeness (QED) is 0.750. The van der Waals surface area contributed by atoms with Crippen LogP contribution in [0.1, 0.15) is 58.8 Å². The number of hydrogen-bond acceptors (Lipinski definition) is 2. The third-order valence-corrected chi connectivity index (χ3v) is 6.12. The van der Waals surface area contributed by atoms with Gasteiger partial charge >= 0.3 is 6.03 Å². The topological polar surface area (TPSA) is 41.6 Å². The SMILES string of the molecule is CCOc1ccc(NC(=O)N2CCC(CC3CCC(C)CC3)CC2)cc1. The molecule has 1 heterocycles. The van der Waals surface area contributed by atoms with Gasteiger partial charge in [0.15, 0.2) is 0 Å². The fourth-order valence-corrected chi connectivity index (χ4v) is 4.41. The Morgan fingerprint density at radius 3 is 2.27 bits per heavy atom. The first-order valence-corrected chi connectivity index (χ1v) is 10.4. The number of nitrogens with one attached hydrogen (secondary N) is 1. The molecule has 2 amide bonds. The Bertz CT molecular complexity index is 556. The van der Waals surface area contributed by atoms with E-state index in [4.69, 9.17) is 4.74 Å². The van der Waals surface area contributed by atoms with Crippen LogP contribution < -0.4 is 10.1 Å². The van der Waals surface area contributed by atoms with E-state index in [1.54, 1.807) is 0 Å². The smallest absolute Gasteiger partial charge is 0.321 e. The fourth-order valence-electron chi connectivity index (χ4n) is 4.41. The molecule has 1 aromatic rings. The molecule has 0 unspecified atom stereocenters. The Morgan fingerprint density at radius 2 is 1.65 bits per heavy atom. The number of piperidine rings is 1. The summed E-state index contributed by atoms with van der Waals surface area (Å²) in [6.45, 7) is 6.78. The maximum atomic E-state index is 12.5. The molecule has 26 heavy (non-hydrogen) atoms. The van der Waals surface area contributed by atoms with E-state index in [0.29, 0.717) is 6.61 Å². The number of carbonyl (C=O) groups excluding carboxylic acids is 1. The molecule has 1 saturated carbocycles. The first kappa shape index (κ1) is 19.1. The molecule has 0 radical (unpaired) electrons. The molecule has 4 nitrogen and oxygen atoms in total. The van der Waals surface area contributed by atoms with Crippen LogP contribution in [0, 0.1) is 17.8 Å². The summed E-state index contributed by atoms with van der Waals surface area (Å²) in [5.41, 5.74) is 0.830. The summed E-state index contributed by atoms with van der Waals surface area (Å²) in [4.78, 5) is 14.5. The van der Waals surface area contributed by atoms with E-state index >= 15 is 0 Å². The van der Waals surface area contributed by atoms with Gasteiger partial charge in [0.1, 0.15) is 5.75 Å². The molecule has 0 atom stereocenters. The highest BCUT2D eigenvalue weighted by molar-refractivity contribution is 5.89. The van der Waals surface area contributed by atoms with Crippen molar-refractivity contribution in [2.75, 3.05) is 25.0 Å².